The molecule has 0 bridgehead atoms. The van der Waals surface area contributed by atoms with Crippen molar-refractivity contribution in [2.45, 2.75) is 12.2 Å². The maximum atomic E-state index is 9.56. The van der Waals surface area contributed by atoms with Crippen LogP contribution in [0.2, 0.25) is 5.02 Å². The fraction of sp³-hybridized carbons (Fsp3) is 0.333. The molecular formula is C9H10Cl2O3. The Bertz CT molecular complexity index is 317. The van der Waals surface area contributed by atoms with Gasteiger partial charge in [-0.3, -0.25) is 0 Å². The van der Waals surface area contributed by atoms with Crippen LogP contribution in [0.5, 0.6) is 5.75 Å². The number of halogens is 2. The van der Waals surface area contributed by atoms with Gasteiger partial charge < -0.3 is 15.3 Å². The lowest BCUT2D eigenvalue weighted by atomic mass is 10.1. The van der Waals surface area contributed by atoms with Crippen molar-refractivity contribution < 1.29 is 15.3 Å². The smallest absolute Gasteiger partial charge is 0.116 e. The lowest BCUT2D eigenvalue weighted by Crippen LogP contribution is -2.19. The van der Waals surface area contributed by atoms with E-state index in [1.54, 1.807) is 0 Å². The normalized spacial score (nSPS) is 15.1. The topological polar surface area (TPSA) is 60.7 Å². The second-order valence-corrected chi connectivity index (χ2v) is 3.59. The molecule has 0 heterocycles. The van der Waals surface area contributed by atoms with Crippen molar-refractivity contribution in [3.63, 3.8) is 0 Å². The molecule has 3 N–H and O–H groups in total. The molecule has 0 fully saturated rings. The molecule has 0 aliphatic carbocycles. The molecule has 1 aromatic carbocycles. The Balaban J connectivity index is 2.99. The summed E-state index contributed by atoms with van der Waals surface area (Å²) in [6.45, 7) is 0. The van der Waals surface area contributed by atoms with Crippen LogP contribution in [0.4, 0.5) is 0 Å². The van der Waals surface area contributed by atoms with Crippen LogP contribution in [0.3, 0.4) is 0 Å². The van der Waals surface area contributed by atoms with Crippen LogP contribution >= 0.6 is 23.2 Å². The molecule has 2 unspecified atom stereocenters. The third-order valence-corrected chi connectivity index (χ3v) is 2.48. The van der Waals surface area contributed by atoms with Gasteiger partial charge in [0, 0.05) is 10.6 Å². The average Bonchev–Trinajstić information content (AvgIpc) is 2.19. The van der Waals surface area contributed by atoms with Gasteiger partial charge in [-0.05, 0) is 18.2 Å². The number of hydrogen-bond donors (Lipinski definition) is 3. The van der Waals surface area contributed by atoms with Crippen LogP contribution in [-0.2, 0) is 0 Å². The molecule has 0 radical (unpaired) electrons. The minimum absolute atomic E-state index is 0.0229. The Hall–Kier alpha value is -0.480. The summed E-state index contributed by atoms with van der Waals surface area (Å²) in [7, 11) is 0. The van der Waals surface area contributed by atoms with Gasteiger partial charge in [0.1, 0.15) is 11.9 Å². The Kier molecular flexibility index (Phi) is 4.01. The van der Waals surface area contributed by atoms with Crippen molar-refractivity contribution in [2.75, 3.05) is 5.88 Å². The van der Waals surface area contributed by atoms with E-state index in [4.69, 9.17) is 28.3 Å². The first kappa shape index (κ1) is 11.6. The zero-order valence-electron chi connectivity index (χ0n) is 7.19. The Morgan fingerprint density at radius 1 is 1.29 bits per heavy atom. The van der Waals surface area contributed by atoms with E-state index in [1.165, 1.54) is 18.2 Å². The van der Waals surface area contributed by atoms with Gasteiger partial charge >= 0.3 is 0 Å². The van der Waals surface area contributed by atoms with E-state index in [0.717, 1.165) is 0 Å². The van der Waals surface area contributed by atoms with Crippen LogP contribution in [0.25, 0.3) is 0 Å². The number of benzene rings is 1. The van der Waals surface area contributed by atoms with E-state index in [1.807, 2.05) is 0 Å². The molecular weight excluding hydrogens is 227 g/mol. The zero-order valence-corrected chi connectivity index (χ0v) is 8.70. The summed E-state index contributed by atoms with van der Waals surface area (Å²) in [5, 5.41) is 28.3. The summed E-state index contributed by atoms with van der Waals surface area (Å²) in [5.74, 6) is -0.127. The molecule has 1 rings (SSSR count). The van der Waals surface area contributed by atoms with Crippen LogP contribution in [-0.4, -0.2) is 27.3 Å². The summed E-state index contributed by atoms with van der Waals surface area (Å²) >= 11 is 11.1. The summed E-state index contributed by atoms with van der Waals surface area (Å²) in [6.07, 6.45) is -2.29. The van der Waals surface area contributed by atoms with Crippen molar-refractivity contribution in [3.05, 3.63) is 28.8 Å². The first-order valence-electron chi connectivity index (χ1n) is 3.96. The van der Waals surface area contributed by atoms with E-state index in [2.05, 4.69) is 0 Å². The monoisotopic (exact) mass is 236 g/mol. The maximum absolute atomic E-state index is 9.56. The summed E-state index contributed by atoms with van der Waals surface area (Å²) in [4.78, 5) is 0. The van der Waals surface area contributed by atoms with Gasteiger partial charge in [-0.1, -0.05) is 11.6 Å². The van der Waals surface area contributed by atoms with Crippen LogP contribution in [0.15, 0.2) is 18.2 Å². The number of phenols is 1. The maximum Gasteiger partial charge on any atom is 0.116 e. The predicted molar refractivity (Wildman–Crippen MR) is 54.8 cm³/mol. The Morgan fingerprint density at radius 3 is 2.50 bits per heavy atom. The largest absolute Gasteiger partial charge is 0.508 e. The highest BCUT2D eigenvalue weighted by Gasteiger charge is 2.20. The minimum Gasteiger partial charge on any atom is -0.508 e. The van der Waals surface area contributed by atoms with Crippen LogP contribution < -0.4 is 0 Å². The van der Waals surface area contributed by atoms with Crippen molar-refractivity contribution in [1.29, 1.82) is 0 Å². The van der Waals surface area contributed by atoms with Crippen LogP contribution in [0, 0.1) is 0 Å². The lowest BCUT2D eigenvalue weighted by molar-refractivity contribution is 0.0327. The standard InChI is InChI=1S/C9H10Cl2O3/c10-4-8(13)9(14)6-3-5(12)1-2-7(6)11/h1-3,8-9,12-14H,4H2. The van der Waals surface area contributed by atoms with Crippen molar-refractivity contribution in [2.24, 2.45) is 0 Å². The van der Waals surface area contributed by atoms with Crippen LogP contribution in [0.1, 0.15) is 11.7 Å². The highest BCUT2D eigenvalue weighted by atomic mass is 35.5. The quantitative estimate of drug-likeness (QED) is 0.701. The SMILES string of the molecule is Oc1ccc(Cl)c(C(O)C(O)CCl)c1. The molecule has 2 atom stereocenters. The van der Waals surface area contributed by atoms with Gasteiger partial charge in [0.2, 0.25) is 0 Å². The molecule has 0 aliphatic rings. The Labute approximate surface area is 91.5 Å². The van der Waals surface area contributed by atoms with E-state index < -0.39 is 12.2 Å². The summed E-state index contributed by atoms with van der Waals surface area (Å²) in [5.41, 5.74) is 0.264. The molecule has 78 valence electrons. The van der Waals surface area contributed by atoms with Gasteiger partial charge in [-0.25, -0.2) is 0 Å². The molecule has 14 heavy (non-hydrogen) atoms. The van der Waals surface area contributed by atoms with E-state index >= 15 is 0 Å². The molecule has 0 saturated heterocycles. The third-order valence-electron chi connectivity index (χ3n) is 1.82. The number of rotatable bonds is 3. The molecule has 0 amide bonds. The van der Waals surface area contributed by atoms with E-state index in [9.17, 15) is 10.2 Å². The van der Waals surface area contributed by atoms with Gasteiger partial charge in [-0.15, -0.1) is 11.6 Å². The van der Waals surface area contributed by atoms with Crippen molar-refractivity contribution in [3.8, 4) is 5.75 Å². The number of hydrogen-bond acceptors (Lipinski definition) is 3. The zero-order chi connectivity index (χ0) is 10.7. The van der Waals surface area contributed by atoms with E-state index in [-0.39, 0.29) is 22.2 Å². The minimum atomic E-state index is -1.19. The predicted octanol–water partition coefficient (Wildman–Crippen LogP) is 1.68. The Morgan fingerprint density at radius 2 is 1.93 bits per heavy atom. The van der Waals surface area contributed by atoms with Gasteiger partial charge in [-0.2, -0.15) is 0 Å². The fourth-order valence-electron chi connectivity index (χ4n) is 1.05. The van der Waals surface area contributed by atoms with Crippen molar-refractivity contribution in [1.82, 2.24) is 0 Å². The number of phenolic OH excluding ortho intramolecular Hbond substituents is 1. The average molecular weight is 237 g/mol. The lowest BCUT2D eigenvalue weighted by Gasteiger charge is -2.16. The highest BCUT2D eigenvalue weighted by Crippen LogP contribution is 2.28. The number of aliphatic hydroxyl groups is 2. The first-order valence-corrected chi connectivity index (χ1v) is 4.88. The second-order valence-electron chi connectivity index (χ2n) is 2.87. The third kappa shape index (κ3) is 2.51. The number of alkyl halides is 1. The first-order chi connectivity index (χ1) is 6.56. The van der Waals surface area contributed by atoms with Gasteiger partial charge in [0.25, 0.3) is 0 Å². The molecule has 3 nitrogen and oxygen atoms in total. The highest BCUT2D eigenvalue weighted by molar-refractivity contribution is 6.31. The van der Waals surface area contributed by atoms with E-state index in [0.29, 0.717) is 0 Å². The number of aliphatic hydroxyl groups excluding tert-OH is 2. The molecule has 1 aromatic rings. The fourth-order valence-corrected chi connectivity index (χ4v) is 1.45. The molecule has 0 saturated carbocycles. The summed E-state index contributed by atoms with van der Waals surface area (Å²) in [6, 6.07) is 4.13. The molecule has 5 heteroatoms. The number of aromatic hydroxyl groups is 1. The van der Waals surface area contributed by atoms with Gasteiger partial charge in [0.15, 0.2) is 0 Å². The molecule has 0 aliphatic heterocycles. The van der Waals surface area contributed by atoms with Crippen molar-refractivity contribution >= 4 is 23.2 Å². The molecule has 0 aromatic heterocycles. The van der Waals surface area contributed by atoms with Gasteiger partial charge in [0.05, 0.1) is 12.0 Å². The summed E-state index contributed by atoms with van der Waals surface area (Å²) < 4.78 is 0. The second kappa shape index (κ2) is 4.84. The molecule has 0 spiro atoms.